The van der Waals surface area contributed by atoms with E-state index in [0.717, 1.165) is 31.2 Å². The van der Waals surface area contributed by atoms with Gasteiger partial charge in [-0.2, -0.15) is 5.10 Å². The Hall–Kier alpha value is -3.39. The molecule has 0 saturated heterocycles. The van der Waals surface area contributed by atoms with Crippen LogP contribution >= 0.6 is 0 Å². The summed E-state index contributed by atoms with van der Waals surface area (Å²) in [5, 5.41) is 25.0. The first kappa shape index (κ1) is 23.9. The number of rotatable bonds is 13. The molecule has 0 unspecified atom stereocenters. The third kappa shape index (κ3) is 9.77. The molecule has 2 aromatic carbocycles. The van der Waals surface area contributed by atoms with Crippen molar-refractivity contribution < 1.29 is 24.5 Å². The molecule has 0 aliphatic carbocycles. The molecule has 2 amide bonds. The SMILES string of the molecule is O=C(CCCCCCC(=O)Nc1ccccc1O)NN=Cc1ccc(OCCO)cc1. The zero-order valence-corrected chi connectivity index (χ0v) is 17.4. The van der Waals surface area contributed by atoms with E-state index in [4.69, 9.17) is 9.84 Å². The fourth-order valence-electron chi connectivity index (χ4n) is 2.77. The monoisotopic (exact) mass is 427 g/mol. The number of amides is 2. The average molecular weight is 428 g/mol. The number of hydrazone groups is 1. The van der Waals surface area contributed by atoms with Crippen LogP contribution in [0.3, 0.4) is 0 Å². The number of anilines is 1. The number of nitrogens with one attached hydrogen (secondary N) is 2. The summed E-state index contributed by atoms with van der Waals surface area (Å²) >= 11 is 0. The second kappa shape index (κ2) is 13.8. The van der Waals surface area contributed by atoms with Gasteiger partial charge in [0.15, 0.2) is 0 Å². The van der Waals surface area contributed by atoms with Gasteiger partial charge in [0.05, 0.1) is 18.5 Å². The van der Waals surface area contributed by atoms with Gasteiger partial charge in [0.2, 0.25) is 11.8 Å². The van der Waals surface area contributed by atoms with Crippen molar-refractivity contribution in [2.24, 2.45) is 5.10 Å². The van der Waals surface area contributed by atoms with Crippen molar-refractivity contribution in [2.75, 3.05) is 18.5 Å². The second-order valence-electron chi connectivity index (χ2n) is 6.91. The Morgan fingerprint density at radius 2 is 1.61 bits per heavy atom. The van der Waals surface area contributed by atoms with Crippen molar-refractivity contribution in [1.82, 2.24) is 5.43 Å². The fourth-order valence-corrected chi connectivity index (χ4v) is 2.77. The number of aliphatic hydroxyl groups is 1. The molecule has 0 radical (unpaired) electrons. The summed E-state index contributed by atoms with van der Waals surface area (Å²) < 4.78 is 5.27. The second-order valence-corrected chi connectivity index (χ2v) is 6.91. The normalized spacial score (nSPS) is 10.7. The summed E-state index contributed by atoms with van der Waals surface area (Å²) in [4.78, 5) is 23.7. The summed E-state index contributed by atoms with van der Waals surface area (Å²) in [6.45, 7) is 0.207. The zero-order valence-electron chi connectivity index (χ0n) is 17.4. The van der Waals surface area contributed by atoms with E-state index in [1.165, 1.54) is 6.07 Å². The van der Waals surface area contributed by atoms with Gasteiger partial charge in [-0.05, 0) is 54.8 Å². The molecule has 0 bridgehead atoms. The van der Waals surface area contributed by atoms with Crippen LogP contribution in [0.15, 0.2) is 53.6 Å². The van der Waals surface area contributed by atoms with Gasteiger partial charge >= 0.3 is 0 Å². The Bertz CT molecular complexity index is 853. The van der Waals surface area contributed by atoms with Crippen molar-refractivity contribution in [3.63, 3.8) is 0 Å². The van der Waals surface area contributed by atoms with E-state index in [2.05, 4.69) is 15.8 Å². The van der Waals surface area contributed by atoms with Crippen molar-refractivity contribution >= 4 is 23.7 Å². The van der Waals surface area contributed by atoms with E-state index in [0.29, 0.717) is 24.3 Å². The van der Waals surface area contributed by atoms with Gasteiger partial charge < -0.3 is 20.3 Å². The van der Waals surface area contributed by atoms with Crippen LogP contribution in [-0.4, -0.2) is 41.5 Å². The van der Waals surface area contributed by atoms with Crippen LogP contribution in [0, 0.1) is 0 Å². The zero-order chi connectivity index (χ0) is 22.3. The summed E-state index contributed by atoms with van der Waals surface area (Å²) in [5.41, 5.74) is 3.73. The molecule has 2 rings (SSSR count). The van der Waals surface area contributed by atoms with Crippen LogP contribution < -0.4 is 15.5 Å². The predicted octanol–water partition coefficient (Wildman–Crippen LogP) is 3.19. The third-order valence-corrected chi connectivity index (χ3v) is 4.38. The van der Waals surface area contributed by atoms with Gasteiger partial charge in [-0.15, -0.1) is 0 Å². The predicted molar refractivity (Wildman–Crippen MR) is 119 cm³/mol. The van der Waals surface area contributed by atoms with Crippen molar-refractivity contribution in [3.8, 4) is 11.5 Å². The number of carbonyl (C=O) groups is 2. The van der Waals surface area contributed by atoms with Crippen molar-refractivity contribution in [2.45, 2.75) is 38.5 Å². The molecule has 31 heavy (non-hydrogen) atoms. The highest BCUT2D eigenvalue weighted by molar-refractivity contribution is 5.92. The van der Waals surface area contributed by atoms with E-state index < -0.39 is 0 Å². The highest BCUT2D eigenvalue weighted by atomic mass is 16.5. The third-order valence-electron chi connectivity index (χ3n) is 4.38. The number of unbranched alkanes of at least 4 members (excludes halogenated alkanes) is 3. The number of hydrogen-bond donors (Lipinski definition) is 4. The Labute approximate surface area is 181 Å². The topological polar surface area (TPSA) is 120 Å². The fraction of sp³-hybridized carbons (Fsp3) is 0.348. The van der Waals surface area contributed by atoms with Gasteiger partial charge in [-0.3, -0.25) is 9.59 Å². The lowest BCUT2D eigenvalue weighted by atomic mass is 10.1. The molecule has 0 heterocycles. The molecule has 0 saturated carbocycles. The minimum Gasteiger partial charge on any atom is -0.506 e. The van der Waals surface area contributed by atoms with Gasteiger partial charge in [0.1, 0.15) is 18.1 Å². The van der Waals surface area contributed by atoms with Crippen LogP contribution in [0.2, 0.25) is 0 Å². The molecule has 0 fully saturated rings. The number of aliphatic hydroxyl groups excluding tert-OH is 1. The van der Waals surface area contributed by atoms with E-state index in [-0.39, 0.29) is 30.8 Å². The van der Waals surface area contributed by atoms with Crippen LogP contribution in [0.25, 0.3) is 0 Å². The number of phenols is 1. The highest BCUT2D eigenvalue weighted by Crippen LogP contribution is 2.21. The maximum atomic E-state index is 11.9. The molecular weight excluding hydrogens is 398 g/mol. The van der Waals surface area contributed by atoms with E-state index >= 15 is 0 Å². The number of hydrogen-bond acceptors (Lipinski definition) is 6. The van der Waals surface area contributed by atoms with Gasteiger partial charge in [0.25, 0.3) is 0 Å². The van der Waals surface area contributed by atoms with Crippen LogP contribution in [-0.2, 0) is 9.59 Å². The summed E-state index contributed by atoms with van der Waals surface area (Å²) in [7, 11) is 0. The lowest BCUT2D eigenvalue weighted by molar-refractivity contribution is -0.121. The van der Waals surface area contributed by atoms with Crippen molar-refractivity contribution in [3.05, 3.63) is 54.1 Å². The molecule has 4 N–H and O–H groups in total. The molecule has 0 atom stereocenters. The standard InChI is InChI=1S/C23H29N3O5/c27-15-16-31-19-13-11-18(12-14-19)17-24-26-23(30)10-4-2-1-3-9-22(29)25-20-7-5-6-8-21(20)28/h5-8,11-14,17,27-28H,1-4,9-10,15-16H2,(H,25,29)(H,26,30). The number of para-hydroxylation sites is 2. The molecule has 0 aliphatic rings. The summed E-state index contributed by atoms with van der Waals surface area (Å²) in [6, 6.07) is 13.8. The first-order chi connectivity index (χ1) is 15.1. The van der Waals surface area contributed by atoms with Gasteiger partial charge in [0, 0.05) is 12.8 Å². The van der Waals surface area contributed by atoms with E-state index in [1.54, 1.807) is 48.7 Å². The molecule has 8 nitrogen and oxygen atoms in total. The Kier molecular flexibility index (Phi) is 10.6. The molecule has 0 spiro atoms. The molecule has 8 heteroatoms. The smallest absolute Gasteiger partial charge is 0.240 e. The average Bonchev–Trinajstić information content (AvgIpc) is 2.77. The maximum Gasteiger partial charge on any atom is 0.240 e. The number of nitrogens with zero attached hydrogens (tertiary/aromatic N) is 1. The lowest BCUT2D eigenvalue weighted by Gasteiger charge is -2.06. The van der Waals surface area contributed by atoms with E-state index in [9.17, 15) is 14.7 Å². The van der Waals surface area contributed by atoms with E-state index in [1.807, 2.05) is 0 Å². The number of carbonyl (C=O) groups excluding carboxylic acids is 2. The Morgan fingerprint density at radius 3 is 2.29 bits per heavy atom. The quantitative estimate of drug-likeness (QED) is 0.169. The Balaban J connectivity index is 1.53. The number of phenolic OH excluding ortho intramolecular Hbond substituents is 1. The minimum atomic E-state index is -0.156. The first-order valence-electron chi connectivity index (χ1n) is 10.3. The van der Waals surface area contributed by atoms with Gasteiger partial charge in [-0.1, -0.05) is 25.0 Å². The minimum absolute atomic E-state index is 0.0375. The molecule has 0 aliphatic heterocycles. The number of aromatic hydroxyl groups is 1. The molecule has 166 valence electrons. The number of benzene rings is 2. The highest BCUT2D eigenvalue weighted by Gasteiger charge is 2.06. The number of ether oxygens (including phenoxy) is 1. The van der Waals surface area contributed by atoms with Crippen LogP contribution in [0.4, 0.5) is 5.69 Å². The molecular formula is C23H29N3O5. The lowest BCUT2D eigenvalue weighted by Crippen LogP contribution is -2.16. The van der Waals surface area contributed by atoms with Gasteiger partial charge in [-0.25, -0.2) is 5.43 Å². The van der Waals surface area contributed by atoms with Crippen molar-refractivity contribution in [1.29, 1.82) is 0 Å². The summed E-state index contributed by atoms with van der Waals surface area (Å²) in [5.74, 6) is 0.414. The first-order valence-corrected chi connectivity index (χ1v) is 10.3. The van der Waals surface area contributed by atoms with Crippen LogP contribution in [0.5, 0.6) is 11.5 Å². The largest absolute Gasteiger partial charge is 0.506 e. The molecule has 2 aromatic rings. The maximum absolute atomic E-state index is 11.9. The Morgan fingerprint density at radius 1 is 0.935 bits per heavy atom. The van der Waals surface area contributed by atoms with Crippen LogP contribution in [0.1, 0.15) is 44.1 Å². The summed E-state index contributed by atoms with van der Waals surface area (Å²) in [6.07, 6.45) is 5.42. The molecule has 0 aromatic heterocycles.